The molecular weight excluding hydrogens is 481 g/mol. The molecule has 2 heterocycles. The molecule has 1 unspecified atom stereocenters. The van der Waals surface area contributed by atoms with E-state index >= 15 is 0 Å². The van der Waals surface area contributed by atoms with Crippen LogP contribution < -0.4 is 14.2 Å². The molecule has 2 aliphatic heterocycles. The molecule has 0 aromatic heterocycles. The van der Waals surface area contributed by atoms with Crippen LogP contribution in [-0.2, 0) is 10.0 Å². The summed E-state index contributed by atoms with van der Waals surface area (Å²) in [5.41, 5.74) is -0.558. The number of hydrogen-bond acceptors (Lipinski definition) is 5. The number of hydrogen-bond donors (Lipinski definition) is 1. The molecule has 2 aliphatic rings. The van der Waals surface area contributed by atoms with Gasteiger partial charge in [-0.1, -0.05) is 11.6 Å². The highest BCUT2D eigenvalue weighted by Crippen LogP contribution is 2.34. The number of fused-ring (bicyclic) bond motifs is 1. The van der Waals surface area contributed by atoms with Crippen molar-refractivity contribution in [2.24, 2.45) is 5.92 Å². The summed E-state index contributed by atoms with van der Waals surface area (Å²) >= 11 is 6.01. The SMILES string of the molecule is Cc1c(F)cc(S(=O)(=O)NCC2CCN(CC3COc4ccc(Cl)cc4O3)CC2)c(F)c1F. The van der Waals surface area contributed by atoms with E-state index < -0.39 is 37.9 Å². The van der Waals surface area contributed by atoms with Gasteiger partial charge in [-0.25, -0.2) is 26.3 Å². The minimum absolute atomic E-state index is 0.0160. The van der Waals surface area contributed by atoms with Gasteiger partial charge in [0.2, 0.25) is 10.0 Å². The monoisotopic (exact) mass is 504 g/mol. The number of sulfonamides is 1. The molecule has 1 N–H and O–H groups in total. The summed E-state index contributed by atoms with van der Waals surface area (Å²) < 4.78 is 80.5. The van der Waals surface area contributed by atoms with Gasteiger partial charge < -0.3 is 9.47 Å². The normalized spacial score (nSPS) is 19.6. The van der Waals surface area contributed by atoms with Crippen LogP contribution >= 0.6 is 11.6 Å². The standard InChI is InChI=1S/C22H24ClF3N2O4S/c1-13-17(24)9-20(22(26)21(13)25)33(29,30)27-10-14-4-6-28(7-5-14)11-16-12-31-18-3-2-15(23)8-19(18)32-16/h2-3,8-9,14,16,27H,4-7,10-12H2,1H3. The number of rotatable bonds is 6. The summed E-state index contributed by atoms with van der Waals surface area (Å²) in [6, 6.07) is 5.74. The quantitative estimate of drug-likeness (QED) is 0.604. The lowest BCUT2D eigenvalue weighted by molar-refractivity contribution is 0.0481. The highest BCUT2D eigenvalue weighted by molar-refractivity contribution is 7.89. The van der Waals surface area contributed by atoms with E-state index in [0.717, 1.165) is 20.0 Å². The smallest absolute Gasteiger partial charge is 0.243 e. The summed E-state index contributed by atoms with van der Waals surface area (Å²) in [5.74, 6) is -2.90. The first-order valence-corrected chi connectivity index (χ1v) is 12.5. The van der Waals surface area contributed by atoms with E-state index in [1.165, 1.54) is 0 Å². The van der Waals surface area contributed by atoms with E-state index in [9.17, 15) is 21.6 Å². The Morgan fingerprint density at radius 3 is 2.58 bits per heavy atom. The first kappa shape index (κ1) is 24.1. The van der Waals surface area contributed by atoms with E-state index in [1.54, 1.807) is 18.2 Å². The van der Waals surface area contributed by atoms with Gasteiger partial charge in [-0.05, 0) is 57.0 Å². The molecule has 11 heteroatoms. The van der Waals surface area contributed by atoms with E-state index in [1.807, 2.05) is 0 Å². The Bertz CT molecular complexity index is 1140. The summed E-state index contributed by atoms with van der Waals surface area (Å²) in [6.45, 7) is 3.61. The van der Waals surface area contributed by atoms with Crippen molar-refractivity contribution in [3.8, 4) is 11.5 Å². The maximum atomic E-state index is 14.1. The van der Waals surface area contributed by atoms with Crippen LogP contribution in [0.25, 0.3) is 0 Å². The fraction of sp³-hybridized carbons (Fsp3) is 0.455. The van der Waals surface area contributed by atoms with Crippen molar-refractivity contribution in [2.45, 2.75) is 30.8 Å². The van der Waals surface area contributed by atoms with E-state index in [0.29, 0.717) is 48.6 Å². The molecule has 180 valence electrons. The molecule has 2 aromatic carbocycles. The summed E-state index contributed by atoms with van der Waals surface area (Å²) in [7, 11) is -4.39. The van der Waals surface area contributed by atoms with Crippen molar-refractivity contribution in [3.63, 3.8) is 0 Å². The van der Waals surface area contributed by atoms with Crippen LogP contribution in [-0.4, -0.2) is 52.2 Å². The molecule has 0 saturated carbocycles. The van der Waals surface area contributed by atoms with Gasteiger partial charge in [0.05, 0.1) is 0 Å². The van der Waals surface area contributed by atoms with Crippen LogP contribution in [0, 0.1) is 30.3 Å². The Kier molecular flexibility index (Phi) is 7.09. The second-order valence-corrected chi connectivity index (χ2v) is 10.5. The van der Waals surface area contributed by atoms with E-state index in [-0.39, 0.29) is 18.6 Å². The molecule has 0 spiro atoms. The third-order valence-electron chi connectivity index (χ3n) is 6.00. The molecule has 33 heavy (non-hydrogen) atoms. The van der Waals surface area contributed by atoms with Crippen molar-refractivity contribution in [3.05, 3.63) is 52.3 Å². The average molecular weight is 505 g/mol. The first-order valence-electron chi connectivity index (χ1n) is 10.6. The predicted octanol–water partition coefficient (Wildman–Crippen LogP) is 3.90. The zero-order valence-corrected chi connectivity index (χ0v) is 19.5. The topological polar surface area (TPSA) is 67.9 Å². The van der Waals surface area contributed by atoms with Gasteiger partial charge in [-0.2, -0.15) is 0 Å². The maximum Gasteiger partial charge on any atom is 0.243 e. The Balaban J connectivity index is 1.28. The van der Waals surface area contributed by atoms with Crippen LogP contribution in [0.1, 0.15) is 18.4 Å². The number of halogens is 4. The number of piperidine rings is 1. The van der Waals surface area contributed by atoms with Gasteiger partial charge >= 0.3 is 0 Å². The van der Waals surface area contributed by atoms with Crippen LogP contribution in [0.4, 0.5) is 13.2 Å². The summed E-state index contributed by atoms with van der Waals surface area (Å²) in [4.78, 5) is 1.19. The molecule has 1 saturated heterocycles. The third-order valence-corrected chi connectivity index (χ3v) is 7.66. The number of nitrogens with one attached hydrogen (secondary N) is 1. The Morgan fingerprint density at radius 2 is 1.85 bits per heavy atom. The van der Waals surface area contributed by atoms with Gasteiger partial charge in [0.1, 0.15) is 23.4 Å². The van der Waals surface area contributed by atoms with Gasteiger partial charge in [0.25, 0.3) is 0 Å². The van der Waals surface area contributed by atoms with Crippen LogP contribution in [0.3, 0.4) is 0 Å². The van der Waals surface area contributed by atoms with Gasteiger partial charge in [0.15, 0.2) is 23.1 Å². The molecule has 1 atom stereocenters. The summed E-state index contributed by atoms with van der Waals surface area (Å²) in [5, 5.41) is 0.567. The van der Waals surface area contributed by atoms with Crippen molar-refractivity contribution >= 4 is 21.6 Å². The van der Waals surface area contributed by atoms with Gasteiger partial charge in [-0.3, -0.25) is 4.90 Å². The predicted molar refractivity (Wildman–Crippen MR) is 117 cm³/mol. The highest BCUT2D eigenvalue weighted by Gasteiger charge is 2.29. The van der Waals surface area contributed by atoms with E-state index in [2.05, 4.69) is 9.62 Å². The molecule has 6 nitrogen and oxygen atoms in total. The van der Waals surface area contributed by atoms with Crippen molar-refractivity contribution in [1.29, 1.82) is 0 Å². The zero-order valence-electron chi connectivity index (χ0n) is 17.9. The Morgan fingerprint density at radius 1 is 1.12 bits per heavy atom. The Hall–Kier alpha value is -2.01. The lowest BCUT2D eigenvalue weighted by Gasteiger charge is -2.35. The minimum atomic E-state index is -4.39. The average Bonchev–Trinajstić information content (AvgIpc) is 2.79. The molecule has 2 aromatic rings. The third kappa shape index (κ3) is 5.40. The minimum Gasteiger partial charge on any atom is -0.486 e. The van der Waals surface area contributed by atoms with Crippen LogP contribution in [0.5, 0.6) is 11.5 Å². The molecule has 4 rings (SSSR count). The lowest BCUT2D eigenvalue weighted by atomic mass is 9.97. The number of likely N-dealkylation sites (tertiary alicyclic amines) is 1. The van der Waals surface area contributed by atoms with Crippen molar-refractivity contribution < 1.29 is 31.1 Å². The number of ether oxygens (including phenoxy) is 2. The molecule has 0 bridgehead atoms. The molecule has 0 amide bonds. The second kappa shape index (κ2) is 9.69. The van der Waals surface area contributed by atoms with Gasteiger partial charge in [-0.15, -0.1) is 0 Å². The van der Waals surface area contributed by atoms with E-state index in [4.69, 9.17) is 21.1 Å². The Labute approximate surface area is 195 Å². The summed E-state index contributed by atoms with van der Waals surface area (Å²) in [6.07, 6.45) is 1.26. The molecule has 0 radical (unpaired) electrons. The highest BCUT2D eigenvalue weighted by atomic mass is 35.5. The van der Waals surface area contributed by atoms with Crippen LogP contribution in [0.2, 0.25) is 5.02 Å². The fourth-order valence-electron chi connectivity index (χ4n) is 4.01. The lowest BCUT2D eigenvalue weighted by Crippen LogP contribution is -2.45. The molecule has 0 aliphatic carbocycles. The fourth-order valence-corrected chi connectivity index (χ4v) is 5.36. The maximum absolute atomic E-state index is 14.1. The van der Waals surface area contributed by atoms with Crippen LogP contribution in [0.15, 0.2) is 29.2 Å². The van der Waals surface area contributed by atoms with Crippen molar-refractivity contribution in [1.82, 2.24) is 9.62 Å². The second-order valence-electron chi connectivity index (χ2n) is 8.35. The first-order chi connectivity index (χ1) is 15.6. The van der Waals surface area contributed by atoms with Crippen molar-refractivity contribution in [2.75, 3.05) is 32.8 Å². The van der Waals surface area contributed by atoms with Gasteiger partial charge in [0, 0.05) is 29.7 Å². The molecular formula is C22H24ClF3N2O4S. The largest absolute Gasteiger partial charge is 0.486 e. The molecule has 1 fully saturated rings. The number of benzene rings is 2. The number of nitrogens with zero attached hydrogens (tertiary/aromatic N) is 1. The zero-order chi connectivity index (χ0) is 23.8.